The number of aromatic hydroxyl groups is 1. The Bertz CT molecular complexity index is 2680. The van der Waals surface area contributed by atoms with E-state index in [0.29, 0.717) is 55.9 Å². The number of aryl methyl sites for hydroxylation is 2. The van der Waals surface area contributed by atoms with Gasteiger partial charge in [-0.2, -0.15) is 0 Å². The maximum absolute atomic E-state index is 13.2. The summed E-state index contributed by atoms with van der Waals surface area (Å²) in [7, 11) is -2.23. The lowest BCUT2D eigenvalue weighted by molar-refractivity contribution is 0.0837. The van der Waals surface area contributed by atoms with E-state index in [4.69, 9.17) is 8.84 Å². The maximum atomic E-state index is 13.2. The zero-order chi connectivity index (χ0) is 43.8. The predicted octanol–water partition coefficient (Wildman–Crippen LogP) is 8.92. The Morgan fingerprint density at radius 2 is 1.71 bits per heavy atom. The summed E-state index contributed by atoms with van der Waals surface area (Å²) in [6.07, 6.45) is 2.80. The van der Waals surface area contributed by atoms with Gasteiger partial charge in [0.2, 0.25) is 5.56 Å². The third-order valence-corrected chi connectivity index (χ3v) is 18.0. The van der Waals surface area contributed by atoms with Gasteiger partial charge in [0.05, 0.1) is 28.9 Å². The molecule has 0 radical (unpaired) electrons. The number of rotatable bonds is 15. The first-order chi connectivity index (χ1) is 29.7. The van der Waals surface area contributed by atoms with Crippen molar-refractivity contribution in [1.82, 2.24) is 19.8 Å². The molecule has 2 atom stereocenters. The number of H-pyrrole nitrogens is 1. The first-order valence-corrected chi connectivity index (χ1v) is 24.9. The van der Waals surface area contributed by atoms with Gasteiger partial charge in [-0.25, -0.2) is 9.59 Å². The van der Waals surface area contributed by atoms with E-state index in [2.05, 4.69) is 55.1 Å². The molecule has 3 aliphatic rings. The number of benzene rings is 4. The molecule has 6 aromatic rings. The number of aromatic amines is 1. The van der Waals surface area contributed by atoms with E-state index in [-0.39, 0.29) is 28.5 Å². The van der Waals surface area contributed by atoms with Gasteiger partial charge in [0, 0.05) is 36.7 Å². The van der Waals surface area contributed by atoms with Crippen LogP contribution in [0.5, 0.6) is 5.75 Å². The highest BCUT2D eigenvalue weighted by Crippen LogP contribution is 2.42. The van der Waals surface area contributed by atoms with Crippen molar-refractivity contribution in [3.05, 3.63) is 129 Å². The van der Waals surface area contributed by atoms with E-state index in [1.54, 1.807) is 21.6 Å². The Labute approximate surface area is 363 Å². The Kier molecular flexibility index (Phi) is 12.3. The highest BCUT2D eigenvalue weighted by Gasteiger charge is 2.41. The standard InChI is InChI=1S/C49H59N5O7Si/c1-49(2,3)62(4,5)61-44(37-16-19-42(55)46-38(37)17-20-45(56)51-46)30-50-24-21-33-14-18-39-43(29-33)60-48(59)53(39)25-9-10-32-13-15-36(34-11-7-6-8-12-34)40(28-32)54(47(57)58)41-31-52-26-22-35(41)23-27-52/h6-8,11-20,28-29,35,41,44,50,55H,9-10,21-27,30-31H2,1-5H3,(H,51,56)(H,57,58)/t41-,44-/m0/s1. The number of hydrogen-bond donors (Lipinski definition) is 4. The minimum atomic E-state index is -2.23. The van der Waals surface area contributed by atoms with Crippen molar-refractivity contribution in [3.8, 4) is 16.9 Å². The Hall–Kier alpha value is -5.47. The second kappa shape index (κ2) is 17.7. The zero-order valence-corrected chi connectivity index (χ0v) is 37.4. The number of nitrogens with one attached hydrogen (secondary N) is 2. The molecule has 5 heterocycles. The number of oxazole rings is 1. The summed E-state index contributed by atoms with van der Waals surface area (Å²) in [6, 6.07) is 28.7. The second-order valence-corrected chi connectivity index (χ2v) is 23.4. The van der Waals surface area contributed by atoms with Crippen LogP contribution >= 0.6 is 0 Å². The lowest BCUT2D eigenvalue weighted by Crippen LogP contribution is -2.59. The van der Waals surface area contributed by atoms with Crippen LogP contribution in [0, 0.1) is 5.92 Å². The molecule has 9 rings (SSSR count). The summed E-state index contributed by atoms with van der Waals surface area (Å²) in [5, 5.41) is 25.5. The van der Waals surface area contributed by atoms with Crippen LogP contribution in [0.4, 0.5) is 10.5 Å². The van der Waals surface area contributed by atoms with Crippen molar-refractivity contribution in [2.75, 3.05) is 37.6 Å². The molecule has 3 aliphatic heterocycles. The van der Waals surface area contributed by atoms with Gasteiger partial charge in [-0.3, -0.25) is 14.3 Å². The SMILES string of the molecule is CC(C)(C)[Si](C)(C)O[C@@H](CNCCc1ccc2c(c1)oc(=O)n2CCCc1ccc(-c2ccccc2)c(N(C(=O)O)[C@H]2CN3CCC2CC3)c1)c1ccc(O)c2[nH]c(=O)ccc12. The van der Waals surface area contributed by atoms with Gasteiger partial charge in [0.1, 0.15) is 5.75 Å². The number of amides is 1. The monoisotopic (exact) mass is 857 g/mol. The number of hydrogen-bond acceptors (Lipinski definition) is 8. The van der Waals surface area contributed by atoms with Crippen LogP contribution in [0.25, 0.3) is 33.1 Å². The lowest BCUT2D eigenvalue weighted by Gasteiger charge is -2.48. The number of carboxylic acid groups (broad SMARTS) is 1. The fraction of sp³-hybridized carbons (Fsp3) is 0.408. The number of anilines is 1. The average Bonchev–Trinajstić information content (AvgIpc) is 3.56. The van der Waals surface area contributed by atoms with Crippen molar-refractivity contribution in [1.29, 1.82) is 0 Å². The Balaban J connectivity index is 0.944. The first kappa shape index (κ1) is 43.2. The van der Waals surface area contributed by atoms with Crippen LogP contribution in [0.3, 0.4) is 0 Å². The molecular weight excluding hydrogens is 799 g/mol. The minimum Gasteiger partial charge on any atom is -0.506 e. The molecule has 3 fully saturated rings. The van der Waals surface area contributed by atoms with Crippen LogP contribution in [0.2, 0.25) is 18.1 Å². The Morgan fingerprint density at radius 1 is 0.968 bits per heavy atom. The summed E-state index contributed by atoms with van der Waals surface area (Å²) in [6.45, 7) is 15.5. The van der Waals surface area contributed by atoms with Crippen molar-refractivity contribution in [2.24, 2.45) is 5.92 Å². The van der Waals surface area contributed by atoms with Gasteiger partial charge in [-0.05, 0) is 128 Å². The van der Waals surface area contributed by atoms with Crippen molar-refractivity contribution in [3.63, 3.8) is 0 Å². The van der Waals surface area contributed by atoms with Gasteiger partial charge >= 0.3 is 11.8 Å². The number of aromatic nitrogens is 2. The lowest BCUT2D eigenvalue weighted by atomic mass is 9.82. The van der Waals surface area contributed by atoms with Crippen LogP contribution in [0.1, 0.15) is 62.8 Å². The zero-order valence-electron chi connectivity index (χ0n) is 36.4. The van der Waals surface area contributed by atoms with E-state index in [0.717, 1.165) is 76.9 Å². The fourth-order valence-electron chi connectivity index (χ4n) is 9.12. The summed E-state index contributed by atoms with van der Waals surface area (Å²) < 4.78 is 14.4. The fourth-order valence-corrected chi connectivity index (χ4v) is 10.4. The van der Waals surface area contributed by atoms with Gasteiger partial charge < -0.3 is 34.3 Å². The second-order valence-electron chi connectivity index (χ2n) is 18.6. The molecular formula is C49H59N5O7Si. The van der Waals surface area contributed by atoms with Crippen LogP contribution in [-0.4, -0.2) is 77.8 Å². The molecule has 0 spiro atoms. The molecule has 0 aliphatic carbocycles. The summed E-state index contributed by atoms with van der Waals surface area (Å²) in [4.78, 5) is 45.2. The van der Waals surface area contributed by atoms with E-state index in [1.807, 2.05) is 66.7 Å². The van der Waals surface area contributed by atoms with Crippen LogP contribution < -0.4 is 21.5 Å². The molecule has 2 aromatic heterocycles. The normalized spacial score (nSPS) is 18.4. The quantitative estimate of drug-likeness (QED) is 0.0586. The molecule has 12 nitrogen and oxygen atoms in total. The maximum Gasteiger partial charge on any atom is 0.419 e. The molecule has 4 N–H and O–H groups in total. The van der Waals surface area contributed by atoms with Gasteiger partial charge in [-0.15, -0.1) is 0 Å². The van der Waals surface area contributed by atoms with Crippen molar-refractivity contribution < 1.29 is 23.9 Å². The molecule has 1 amide bonds. The minimum absolute atomic E-state index is 0.0166. The highest BCUT2D eigenvalue weighted by molar-refractivity contribution is 6.74. The number of carbonyl (C=O) groups is 1. The molecule has 326 valence electrons. The number of phenolic OH excluding ortho intramolecular Hbond substituents is 1. The molecule has 3 saturated heterocycles. The predicted molar refractivity (Wildman–Crippen MR) is 248 cm³/mol. The summed E-state index contributed by atoms with van der Waals surface area (Å²) in [5.74, 6) is -0.0426. The molecule has 4 aromatic carbocycles. The van der Waals surface area contributed by atoms with E-state index in [1.165, 1.54) is 6.07 Å². The number of fused-ring (bicyclic) bond motifs is 5. The molecule has 13 heteroatoms. The molecule has 0 unspecified atom stereocenters. The largest absolute Gasteiger partial charge is 0.506 e. The first-order valence-electron chi connectivity index (χ1n) is 22.0. The van der Waals surface area contributed by atoms with Crippen LogP contribution in [0.15, 0.2) is 105 Å². The smallest absolute Gasteiger partial charge is 0.419 e. The Morgan fingerprint density at radius 3 is 2.42 bits per heavy atom. The summed E-state index contributed by atoms with van der Waals surface area (Å²) in [5.41, 5.74) is 6.95. The van der Waals surface area contributed by atoms with E-state index < -0.39 is 20.2 Å². The topological polar surface area (TPSA) is 153 Å². The van der Waals surface area contributed by atoms with Crippen molar-refractivity contribution in [2.45, 2.75) is 89.7 Å². The van der Waals surface area contributed by atoms with Crippen LogP contribution in [-0.2, 0) is 23.8 Å². The van der Waals surface area contributed by atoms with E-state index >= 15 is 0 Å². The number of nitrogens with zero attached hydrogens (tertiary/aromatic N) is 3. The number of phenols is 1. The third kappa shape index (κ3) is 9.03. The van der Waals surface area contributed by atoms with Gasteiger partial charge in [0.25, 0.3) is 0 Å². The third-order valence-electron chi connectivity index (χ3n) is 13.6. The average molecular weight is 858 g/mol. The molecule has 62 heavy (non-hydrogen) atoms. The van der Waals surface area contributed by atoms with Gasteiger partial charge in [0.15, 0.2) is 13.9 Å². The summed E-state index contributed by atoms with van der Waals surface area (Å²) >= 11 is 0. The molecule has 2 bridgehead atoms. The van der Waals surface area contributed by atoms with Crippen molar-refractivity contribution >= 4 is 42.1 Å². The molecule has 0 saturated carbocycles. The van der Waals surface area contributed by atoms with E-state index in [9.17, 15) is 24.6 Å². The number of pyridine rings is 1. The van der Waals surface area contributed by atoms with Gasteiger partial charge in [-0.1, -0.05) is 75.4 Å². The highest BCUT2D eigenvalue weighted by atomic mass is 28.4. The number of piperidine rings is 3.